The molecule has 0 aliphatic carbocycles. The zero-order chi connectivity index (χ0) is 11.6. The fraction of sp³-hybridized carbons (Fsp3) is 0.300. The molecular formula is C10H12FNO3. The number of benzene rings is 1. The van der Waals surface area contributed by atoms with Crippen LogP contribution in [0.25, 0.3) is 0 Å². The molecule has 0 amide bonds. The molecule has 0 aromatic heterocycles. The zero-order valence-electron chi connectivity index (χ0n) is 8.45. The van der Waals surface area contributed by atoms with Crippen molar-refractivity contribution in [2.75, 3.05) is 7.11 Å². The molecule has 1 atom stereocenters. The van der Waals surface area contributed by atoms with Crippen LogP contribution >= 0.6 is 0 Å². The van der Waals surface area contributed by atoms with Crippen molar-refractivity contribution in [1.82, 2.24) is 0 Å². The number of carboxylic acids is 1. The van der Waals surface area contributed by atoms with E-state index in [0.29, 0.717) is 5.56 Å². The van der Waals surface area contributed by atoms with Gasteiger partial charge in [-0.15, -0.1) is 0 Å². The summed E-state index contributed by atoms with van der Waals surface area (Å²) in [7, 11) is 1.34. The predicted molar refractivity (Wildman–Crippen MR) is 52.3 cm³/mol. The predicted octanol–water partition coefficient (Wildman–Crippen LogP) is 1.23. The first kappa shape index (κ1) is 11.5. The molecule has 4 nitrogen and oxygen atoms in total. The number of aliphatic carboxylic acids is 1. The molecule has 0 aliphatic heterocycles. The minimum atomic E-state index is -1.42. The summed E-state index contributed by atoms with van der Waals surface area (Å²) in [6.07, 6.45) is 0. The molecule has 5 heteroatoms. The Morgan fingerprint density at radius 1 is 1.60 bits per heavy atom. The van der Waals surface area contributed by atoms with Gasteiger partial charge in [-0.25, -0.2) is 4.39 Å². The maximum atomic E-state index is 13.5. The van der Waals surface area contributed by atoms with Crippen molar-refractivity contribution < 1.29 is 19.0 Å². The molecule has 0 aliphatic rings. The van der Waals surface area contributed by atoms with E-state index < -0.39 is 17.8 Å². The molecule has 0 fully saturated rings. The van der Waals surface area contributed by atoms with E-state index in [-0.39, 0.29) is 11.3 Å². The first-order valence-corrected chi connectivity index (χ1v) is 4.29. The van der Waals surface area contributed by atoms with Gasteiger partial charge in [-0.1, -0.05) is 0 Å². The van der Waals surface area contributed by atoms with E-state index >= 15 is 0 Å². The molecule has 1 aromatic rings. The number of ether oxygens (including phenoxy) is 1. The van der Waals surface area contributed by atoms with Gasteiger partial charge < -0.3 is 15.6 Å². The van der Waals surface area contributed by atoms with E-state index in [1.54, 1.807) is 13.0 Å². The molecule has 0 radical (unpaired) electrons. The third-order valence-corrected chi connectivity index (χ3v) is 2.03. The van der Waals surface area contributed by atoms with Gasteiger partial charge in [0.05, 0.1) is 12.7 Å². The highest BCUT2D eigenvalue weighted by Gasteiger charge is 2.23. The Labute approximate surface area is 86.5 Å². The number of nitrogens with two attached hydrogens (primary N) is 1. The van der Waals surface area contributed by atoms with Crippen LogP contribution < -0.4 is 10.5 Å². The Morgan fingerprint density at radius 2 is 2.20 bits per heavy atom. The van der Waals surface area contributed by atoms with Crippen LogP contribution in [0.4, 0.5) is 4.39 Å². The van der Waals surface area contributed by atoms with Crippen molar-refractivity contribution in [1.29, 1.82) is 0 Å². The monoisotopic (exact) mass is 213 g/mol. The molecule has 1 aromatic carbocycles. The third kappa shape index (κ3) is 2.24. The van der Waals surface area contributed by atoms with Gasteiger partial charge in [0.1, 0.15) is 17.6 Å². The van der Waals surface area contributed by atoms with Crippen molar-refractivity contribution in [3.8, 4) is 5.75 Å². The largest absolute Gasteiger partial charge is 0.496 e. The van der Waals surface area contributed by atoms with Gasteiger partial charge in [0.15, 0.2) is 0 Å². The second-order valence-electron chi connectivity index (χ2n) is 3.18. The lowest BCUT2D eigenvalue weighted by Crippen LogP contribution is -2.22. The Morgan fingerprint density at radius 3 is 2.67 bits per heavy atom. The van der Waals surface area contributed by atoms with Crippen LogP contribution in [0.1, 0.15) is 17.2 Å². The fourth-order valence-corrected chi connectivity index (χ4v) is 1.32. The van der Waals surface area contributed by atoms with Gasteiger partial charge in [0, 0.05) is 0 Å². The lowest BCUT2D eigenvalue weighted by molar-refractivity contribution is -0.138. The molecule has 1 rings (SSSR count). The highest BCUT2D eigenvalue weighted by molar-refractivity contribution is 5.76. The Bertz CT molecular complexity index is 392. The lowest BCUT2D eigenvalue weighted by atomic mass is 10.0. The number of methoxy groups -OCH3 is 1. The number of aryl methyl sites for hydroxylation is 1. The number of carbonyl (C=O) groups is 1. The average Bonchev–Trinajstić information content (AvgIpc) is 2.15. The maximum absolute atomic E-state index is 13.5. The van der Waals surface area contributed by atoms with Gasteiger partial charge >= 0.3 is 5.97 Å². The van der Waals surface area contributed by atoms with Crippen molar-refractivity contribution in [3.05, 3.63) is 29.1 Å². The van der Waals surface area contributed by atoms with Crippen LogP contribution in [0.15, 0.2) is 12.1 Å². The zero-order valence-corrected chi connectivity index (χ0v) is 8.45. The van der Waals surface area contributed by atoms with Gasteiger partial charge in [0.25, 0.3) is 0 Å². The normalized spacial score (nSPS) is 12.3. The summed E-state index contributed by atoms with van der Waals surface area (Å²) < 4.78 is 18.4. The second kappa shape index (κ2) is 4.27. The van der Waals surface area contributed by atoms with Gasteiger partial charge in [-0.05, 0) is 24.6 Å². The second-order valence-corrected chi connectivity index (χ2v) is 3.18. The van der Waals surface area contributed by atoms with Crippen LogP contribution in [-0.2, 0) is 4.79 Å². The summed E-state index contributed by atoms with van der Waals surface area (Å²) in [6.45, 7) is 1.68. The highest BCUT2D eigenvalue weighted by atomic mass is 19.1. The van der Waals surface area contributed by atoms with Crippen LogP contribution in [0, 0.1) is 12.7 Å². The van der Waals surface area contributed by atoms with Crippen molar-refractivity contribution >= 4 is 5.97 Å². The van der Waals surface area contributed by atoms with E-state index in [4.69, 9.17) is 15.6 Å². The Balaban J connectivity index is 3.32. The summed E-state index contributed by atoms with van der Waals surface area (Å²) in [4.78, 5) is 10.7. The Kier molecular flexibility index (Phi) is 3.26. The first-order chi connectivity index (χ1) is 6.97. The quantitative estimate of drug-likeness (QED) is 0.792. The third-order valence-electron chi connectivity index (χ3n) is 2.03. The Hall–Kier alpha value is -1.62. The molecule has 1 unspecified atom stereocenters. The van der Waals surface area contributed by atoms with Gasteiger partial charge in [0.2, 0.25) is 0 Å². The number of hydrogen-bond donors (Lipinski definition) is 2. The van der Waals surface area contributed by atoms with Crippen LogP contribution in [0.5, 0.6) is 5.75 Å². The molecule has 82 valence electrons. The summed E-state index contributed by atoms with van der Waals surface area (Å²) in [6, 6.07) is 1.35. The molecule has 15 heavy (non-hydrogen) atoms. The number of rotatable bonds is 3. The summed E-state index contributed by atoms with van der Waals surface area (Å²) in [5.74, 6) is -1.81. The van der Waals surface area contributed by atoms with E-state index in [9.17, 15) is 9.18 Å². The van der Waals surface area contributed by atoms with Gasteiger partial charge in [-0.2, -0.15) is 0 Å². The molecule has 0 heterocycles. The first-order valence-electron chi connectivity index (χ1n) is 4.29. The topological polar surface area (TPSA) is 72.5 Å². The van der Waals surface area contributed by atoms with Crippen LogP contribution in [-0.4, -0.2) is 18.2 Å². The molecule has 0 bridgehead atoms. The minimum Gasteiger partial charge on any atom is -0.496 e. The fourth-order valence-electron chi connectivity index (χ4n) is 1.32. The van der Waals surface area contributed by atoms with Crippen molar-refractivity contribution in [3.63, 3.8) is 0 Å². The number of hydrogen-bond acceptors (Lipinski definition) is 3. The van der Waals surface area contributed by atoms with Crippen molar-refractivity contribution in [2.45, 2.75) is 13.0 Å². The van der Waals surface area contributed by atoms with Crippen LogP contribution in [0.2, 0.25) is 0 Å². The van der Waals surface area contributed by atoms with Gasteiger partial charge in [-0.3, -0.25) is 4.79 Å². The summed E-state index contributed by atoms with van der Waals surface area (Å²) >= 11 is 0. The SMILES string of the molecule is COc1cc(C)cc(F)c1C(N)C(=O)O. The minimum absolute atomic E-state index is 0.129. The van der Waals surface area contributed by atoms with E-state index in [2.05, 4.69) is 0 Å². The van der Waals surface area contributed by atoms with E-state index in [0.717, 1.165) is 0 Å². The molecule has 0 saturated heterocycles. The van der Waals surface area contributed by atoms with E-state index in [1.165, 1.54) is 13.2 Å². The smallest absolute Gasteiger partial charge is 0.325 e. The summed E-state index contributed by atoms with van der Waals surface area (Å²) in [5.41, 5.74) is 5.86. The molecular weight excluding hydrogens is 201 g/mol. The van der Waals surface area contributed by atoms with Crippen LogP contribution in [0.3, 0.4) is 0 Å². The molecule has 3 N–H and O–H groups in total. The average molecular weight is 213 g/mol. The lowest BCUT2D eigenvalue weighted by Gasteiger charge is -2.13. The number of carboxylic acid groups (broad SMARTS) is 1. The molecule has 0 spiro atoms. The maximum Gasteiger partial charge on any atom is 0.325 e. The molecule has 0 saturated carbocycles. The standard InChI is InChI=1S/C10H12FNO3/c1-5-3-6(11)8(7(4-5)15-2)9(12)10(13)14/h3-4,9H,12H2,1-2H3,(H,13,14). The number of halogens is 1. The summed E-state index contributed by atoms with van der Waals surface area (Å²) in [5, 5.41) is 8.70. The van der Waals surface area contributed by atoms with E-state index in [1.807, 2.05) is 0 Å². The van der Waals surface area contributed by atoms with Crippen molar-refractivity contribution in [2.24, 2.45) is 5.73 Å². The highest BCUT2D eigenvalue weighted by Crippen LogP contribution is 2.28.